The maximum atomic E-state index is 12.7. The zero-order valence-electron chi connectivity index (χ0n) is 12.2. The maximum Gasteiger partial charge on any atom is 0.275 e. The number of rotatable bonds is 5. The number of imidazole rings is 1. The molecule has 1 aromatic heterocycles. The minimum Gasteiger partial charge on any atom is -0.485 e. The Morgan fingerprint density at radius 1 is 1.32 bits per heavy atom. The molecule has 0 atom stereocenters. The molecule has 2 heterocycles. The summed E-state index contributed by atoms with van der Waals surface area (Å²) in [5.41, 5.74) is 2.08. The highest BCUT2D eigenvalue weighted by atomic mass is 16.5. The molecule has 0 spiro atoms. The topological polar surface area (TPSA) is 47.4 Å². The first-order valence-corrected chi connectivity index (χ1v) is 7.05. The van der Waals surface area contributed by atoms with Gasteiger partial charge in [-0.15, -0.1) is 13.2 Å². The summed E-state index contributed by atoms with van der Waals surface area (Å²) in [6.07, 6.45) is 5.05. The second-order valence-electron chi connectivity index (χ2n) is 4.95. The predicted octanol–water partition coefficient (Wildman–Crippen LogP) is 2.58. The van der Waals surface area contributed by atoms with Gasteiger partial charge in [-0.25, -0.2) is 4.98 Å². The molecule has 1 aromatic carbocycles. The molecule has 2 aromatic rings. The zero-order chi connectivity index (χ0) is 15.5. The largest absolute Gasteiger partial charge is 0.485 e. The fraction of sp³-hybridized carbons (Fsp3) is 0.176. The molecule has 0 fully saturated rings. The van der Waals surface area contributed by atoms with E-state index in [-0.39, 0.29) is 5.91 Å². The molecule has 1 aliphatic rings. The van der Waals surface area contributed by atoms with E-state index in [0.717, 1.165) is 17.1 Å². The number of carbonyl (C=O) groups is 1. The van der Waals surface area contributed by atoms with Crippen LogP contribution >= 0.6 is 0 Å². The molecular formula is C17H17N3O2. The van der Waals surface area contributed by atoms with Gasteiger partial charge >= 0.3 is 0 Å². The number of carbonyl (C=O) groups excluding carboxylic acids is 1. The smallest absolute Gasteiger partial charge is 0.275 e. The van der Waals surface area contributed by atoms with Gasteiger partial charge in [0, 0.05) is 13.1 Å². The highest BCUT2D eigenvalue weighted by Gasteiger charge is 2.26. The van der Waals surface area contributed by atoms with Crippen LogP contribution in [0.1, 0.15) is 16.2 Å². The molecule has 0 saturated carbocycles. The van der Waals surface area contributed by atoms with Crippen LogP contribution in [-0.4, -0.2) is 33.4 Å². The van der Waals surface area contributed by atoms with Crippen LogP contribution in [0.15, 0.2) is 55.9 Å². The second kappa shape index (κ2) is 5.89. The minimum absolute atomic E-state index is 0.142. The first kappa shape index (κ1) is 14.1. The fourth-order valence-electron chi connectivity index (χ4n) is 2.52. The van der Waals surface area contributed by atoms with E-state index in [1.54, 1.807) is 23.4 Å². The number of ether oxygens (including phenoxy) is 1. The summed E-state index contributed by atoms with van der Waals surface area (Å²) < 4.78 is 7.64. The van der Waals surface area contributed by atoms with Crippen LogP contribution in [0, 0.1) is 0 Å². The molecule has 1 amide bonds. The molecule has 0 radical (unpaired) electrons. The third-order valence-electron chi connectivity index (χ3n) is 3.54. The Morgan fingerprint density at radius 2 is 2.05 bits per heavy atom. The van der Waals surface area contributed by atoms with Crippen molar-refractivity contribution in [3.63, 3.8) is 0 Å². The highest BCUT2D eigenvalue weighted by molar-refractivity contribution is 5.94. The molecule has 0 N–H and O–H groups in total. The van der Waals surface area contributed by atoms with Crippen molar-refractivity contribution in [2.45, 2.75) is 6.61 Å². The lowest BCUT2D eigenvalue weighted by Gasteiger charge is -2.22. The van der Waals surface area contributed by atoms with Gasteiger partial charge in [0.05, 0.1) is 11.4 Å². The van der Waals surface area contributed by atoms with Gasteiger partial charge in [-0.3, -0.25) is 9.36 Å². The van der Waals surface area contributed by atoms with Gasteiger partial charge in [0.25, 0.3) is 5.91 Å². The van der Waals surface area contributed by atoms with Crippen LogP contribution in [0.3, 0.4) is 0 Å². The molecule has 3 rings (SSSR count). The Labute approximate surface area is 129 Å². The maximum absolute atomic E-state index is 12.7. The molecule has 0 aliphatic carbocycles. The lowest BCUT2D eigenvalue weighted by Crippen LogP contribution is -2.32. The first-order chi connectivity index (χ1) is 10.8. The van der Waals surface area contributed by atoms with Gasteiger partial charge < -0.3 is 9.64 Å². The van der Waals surface area contributed by atoms with E-state index in [1.807, 2.05) is 28.8 Å². The Hall–Kier alpha value is -2.82. The van der Waals surface area contributed by atoms with Crippen molar-refractivity contribution in [2.24, 2.45) is 0 Å². The molecule has 5 heteroatoms. The number of fused-ring (bicyclic) bond motifs is 3. The van der Waals surface area contributed by atoms with Crippen LogP contribution in [0.4, 0.5) is 0 Å². The van der Waals surface area contributed by atoms with Gasteiger partial charge in [-0.1, -0.05) is 24.3 Å². The Morgan fingerprint density at radius 3 is 2.77 bits per heavy atom. The van der Waals surface area contributed by atoms with Gasteiger partial charge in [0.1, 0.15) is 18.7 Å². The van der Waals surface area contributed by atoms with Gasteiger partial charge in [-0.05, 0) is 12.1 Å². The van der Waals surface area contributed by atoms with Crippen LogP contribution in [-0.2, 0) is 6.61 Å². The molecule has 1 aliphatic heterocycles. The average molecular weight is 295 g/mol. The number of benzene rings is 1. The lowest BCUT2D eigenvalue weighted by atomic mass is 10.2. The average Bonchev–Trinajstić information content (AvgIpc) is 2.98. The number of hydrogen-bond donors (Lipinski definition) is 0. The quantitative estimate of drug-likeness (QED) is 0.797. The van der Waals surface area contributed by atoms with E-state index in [9.17, 15) is 4.79 Å². The molecule has 22 heavy (non-hydrogen) atoms. The number of nitrogens with zero attached hydrogens (tertiary/aromatic N) is 3. The monoisotopic (exact) mass is 295 g/mol. The number of para-hydroxylation sites is 2. The summed E-state index contributed by atoms with van der Waals surface area (Å²) in [5, 5.41) is 0. The number of aromatic nitrogens is 2. The third-order valence-corrected chi connectivity index (χ3v) is 3.54. The van der Waals surface area contributed by atoms with Crippen LogP contribution in [0.5, 0.6) is 5.75 Å². The summed E-state index contributed by atoms with van der Waals surface area (Å²) in [7, 11) is 0. The van der Waals surface area contributed by atoms with Crippen molar-refractivity contribution in [1.29, 1.82) is 0 Å². The summed E-state index contributed by atoms with van der Waals surface area (Å²) in [4.78, 5) is 18.6. The van der Waals surface area contributed by atoms with E-state index in [0.29, 0.717) is 25.4 Å². The molecule has 0 saturated heterocycles. The first-order valence-electron chi connectivity index (χ1n) is 7.05. The van der Waals surface area contributed by atoms with Crippen LogP contribution in [0.25, 0.3) is 5.69 Å². The highest BCUT2D eigenvalue weighted by Crippen LogP contribution is 2.30. The van der Waals surface area contributed by atoms with Crippen LogP contribution < -0.4 is 4.74 Å². The van der Waals surface area contributed by atoms with E-state index in [4.69, 9.17) is 4.74 Å². The van der Waals surface area contributed by atoms with Crippen molar-refractivity contribution < 1.29 is 9.53 Å². The van der Waals surface area contributed by atoms with E-state index < -0.39 is 0 Å². The summed E-state index contributed by atoms with van der Waals surface area (Å²) in [6.45, 7) is 8.60. The molecular weight excluding hydrogens is 278 g/mol. The number of amides is 1. The molecule has 0 bridgehead atoms. The summed E-state index contributed by atoms with van der Waals surface area (Å²) in [5.74, 6) is 0.650. The third kappa shape index (κ3) is 2.30. The van der Waals surface area contributed by atoms with Crippen molar-refractivity contribution in [3.05, 3.63) is 67.3 Å². The standard InChI is InChI=1S/C17H17N3O2/c1-3-9-19(10-4-2)17(21)16-14-11-22-15-8-6-5-7-13(15)20(14)12-18-16/h3-8,12H,1-2,9-11H2. The van der Waals surface area contributed by atoms with E-state index >= 15 is 0 Å². The van der Waals surface area contributed by atoms with E-state index in [2.05, 4.69) is 18.1 Å². The lowest BCUT2D eigenvalue weighted by molar-refractivity contribution is 0.0782. The van der Waals surface area contributed by atoms with Gasteiger partial charge in [0.15, 0.2) is 5.69 Å². The predicted molar refractivity (Wildman–Crippen MR) is 84.2 cm³/mol. The minimum atomic E-state index is -0.142. The Balaban J connectivity index is 1.98. The van der Waals surface area contributed by atoms with Gasteiger partial charge in [-0.2, -0.15) is 0 Å². The molecule has 112 valence electrons. The van der Waals surface area contributed by atoms with Crippen molar-refractivity contribution >= 4 is 5.91 Å². The number of hydrogen-bond acceptors (Lipinski definition) is 3. The Kier molecular flexibility index (Phi) is 3.78. The summed E-state index contributed by atoms with van der Waals surface area (Å²) >= 11 is 0. The fourth-order valence-corrected chi connectivity index (χ4v) is 2.52. The van der Waals surface area contributed by atoms with Crippen molar-refractivity contribution in [2.75, 3.05) is 13.1 Å². The SMILES string of the molecule is C=CCN(CC=C)C(=O)c1ncn2c1COc1ccccc1-2. The zero-order valence-corrected chi connectivity index (χ0v) is 12.2. The van der Waals surface area contributed by atoms with Crippen molar-refractivity contribution in [1.82, 2.24) is 14.5 Å². The van der Waals surface area contributed by atoms with E-state index in [1.165, 1.54) is 0 Å². The van der Waals surface area contributed by atoms with Crippen molar-refractivity contribution in [3.8, 4) is 11.4 Å². The van der Waals surface area contributed by atoms with Crippen LogP contribution in [0.2, 0.25) is 0 Å². The van der Waals surface area contributed by atoms with Gasteiger partial charge in [0.2, 0.25) is 0 Å². The molecule has 5 nitrogen and oxygen atoms in total. The molecule has 0 unspecified atom stereocenters. The normalized spacial score (nSPS) is 11.8. The second-order valence-corrected chi connectivity index (χ2v) is 4.95. The summed E-state index contributed by atoms with van der Waals surface area (Å²) in [6, 6.07) is 7.70. The Bertz CT molecular complexity index is 723.